The highest BCUT2D eigenvalue weighted by Crippen LogP contribution is 2.42. The van der Waals surface area contributed by atoms with Crippen molar-refractivity contribution in [1.29, 1.82) is 0 Å². The summed E-state index contributed by atoms with van der Waals surface area (Å²) in [7, 11) is 1.66. The highest BCUT2D eigenvalue weighted by molar-refractivity contribution is 7.21. The van der Waals surface area contributed by atoms with Gasteiger partial charge in [0, 0.05) is 37.1 Å². The molecule has 1 fully saturated rings. The van der Waals surface area contributed by atoms with Crippen LogP contribution in [0.25, 0.3) is 32.6 Å². The Kier molecular flexibility index (Phi) is 6.45. The number of rotatable bonds is 5. The van der Waals surface area contributed by atoms with Crippen LogP contribution in [0.15, 0.2) is 54.6 Å². The van der Waals surface area contributed by atoms with Crippen molar-refractivity contribution in [2.45, 2.75) is 13.8 Å². The van der Waals surface area contributed by atoms with Crippen LogP contribution in [-0.2, 0) is 0 Å². The summed E-state index contributed by atoms with van der Waals surface area (Å²) in [4.78, 5) is 24.1. The van der Waals surface area contributed by atoms with Gasteiger partial charge in [-0.2, -0.15) is 0 Å². The molecule has 35 heavy (non-hydrogen) atoms. The second kappa shape index (κ2) is 9.68. The molecule has 0 radical (unpaired) electrons. The van der Waals surface area contributed by atoms with Crippen molar-refractivity contribution >= 4 is 33.1 Å². The molecule has 1 aliphatic rings. The van der Waals surface area contributed by atoms with Crippen molar-refractivity contribution in [3.05, 3.63) is 65.0 Å². The van der Waals surface area contributed by atoms with Gasteiger partial charge in [0.2, 0.25) is 0 Å². The Hall–Kier alpha value is -3.42. The zero-order valence-electron chi connectivity index (χ0n) is 20.4. The molecule has 4 aromatic rings. The minimum atomic E-state index is 0.00195. The first-order valence-electron chi connectivity index (χ1n) is 11.9. The van der Waals surface area contributed by atoms with E-state index in [0.717, 1.165) is 71.1 Å². The molecule has 2 aromatic heterocycles. The third kappa shape index (κ3) is 4.49. The van der Waals surface area contributed by atoms with E-state index in [2.05, 4.69) is 49.1 Å². The molecule has 0 unspecified atom stereocenters. The quantitative estimate of drug-likeness (QED) is 0.414. The zero-order chi connectivity index (χ0) is 24.5. The number of hydrogen-bond donors (Lipinski definition) is 1. The van der Waals surface area contributed by atoms with Gasteiger partial charge >= 0.3 is 0 Å². The number of methoxy groups -OCH3 is 1. The molecule has 5 rings (SSSR count). The molecule has 1 amide bonds. The molecule has 0 aliphatic carbocycles. The minimum absolute atomic E-state index is 0.00195. The molecular formula is C28H30N4O2S. The maximum absolute atomic E-state index is 13.5. The van der Waals surface area contributed by atoms with Gasteiger partial charge in [-0.25, -0.2) is 4.98 Å². The van der Waals surface area contributed by atoms with Gasteiger partial charge in [0.05, 0.1) is 18.5 Å². The lowest BCUT2D eigenvalue weighted by molar-refractivity contribution is 0.0649. The van der Waals surface area contributed by atoms with Crippen molar-refractivity contribution in [3.8, 4) is 28.1 Å². The fraction of sp³-hybridized carbons (Fsp3) is 0.286. The van der Waals surface area contributed by atoms with Crippen LogP contribution in [0.2, 0.25) is 0 Å². The molecule has 1 aliphatic heterocycles. The molecule has 1 saturated heterocycles. The first kappa shape index (κ1) is 23.3. The average molecular weight is 487 g/mol. The van der Waals surface area contributed by atoms with Crippen molar-refractivity contribution in [3.63, 3.8) is 0 Å². The number of amides is 1. The predicted octanol–water partition coefficient (Wildman–Crippen LogP) is 5.31. The fourth-order valence-electron chi connectivity index (χ4n) is 4.56. The van der Waals surface area contributed by atoms with Crippen molar-refractivity contribution in [2.24, 2.45) is 0 Å². The van der Waals surface area contributed by atoms with Gasteiger partial charge < -0.3 is 20.3 Å². The lowest BCUT2D eigenvalue weighted by atomic mass is 9.98. The summed E-state index contributed by atoms with van der Waals surface area (Å²) < 4.78 is 5.32. The Balaban J connectivity index is 1.62. The summed E-state index contributed by atoms with van der Waals surface area (Å²) in [5.74, 6) is 0.798. The Morgan fingerprint density at radius 2 is 1.69 bits per heavy atom. The Bertz CT molecular complexity index is 1350. The van der Waals surface area contributed by atoms with Gasteiger partial charge in [0.25, 0.3) is 5.91 Å². The van der Waals surface area contributed by atoms with Crippen molar-refractivity contribution in [2.75, 3.05) is 45.6 Å². The fourth-order valence-corrected chi connectivity index (χ4v) is 5.65. The Morgan fingerprint density at radius 1 is 1.03 bits per heavy atom. The highest BCUT2D eigenvalue weighted by Gasteiger charge is 2.27. The number of fused-ring (bicyclic) bond motifs is 1. The van der Waals surface area contributed by atoms with E-state index >= 15 is 0 Å². The van der Waals surface area contributed by atoms with Crippen LogP contribution >= 0.6 is 11.3 Å². The Labute approximate surface area is 210 Å². The topological polar surface area (TPSA) is 71.7 Å². The Morgan fingerprint density at radius 3 is 2.31 bits per heavy atom. The largest absolute Gasteiger partial charge is 0.497 e. The number of carbonyl (C=O) groups excluding carboxylic acids is 1. The summed E-state index contributed by atoms with van der Waals surface area (Å²) in [5, 5.41) is 0.853. The summed E-state index contributed by atoms with van der Waals surface area (Å²) in [5.41, 5.74) is 12.3. The van der Waals surface area contributed by atoms with Crippen molar-refractivity contribution in [1.82, 2.24) is 14.8 Å². The maximum atomic E-state index is 13.5. The van der Waals surface area contributed by atoms with Crippen LogP contribution in [0, 0.1) is 6.92 Å². The van der Waals surface area contributed by atoms with E-state index < -0.39 is 0 Å². The molecule has 0 spiro atoms. The number of nitrogen functional groups attached to an aromatic ring is 1. The standard InChI is InChI=1S/C28H30N4O2S/c1-4-31-13-15-32(16-14-31)28(33)26-25(29)24-22(19-7-5-18(2)6-8-19)17-23(30-27(24)35-26)20-9-11-21(34-3)12-10-20/h5-12,17H,4,13-16,29H2,1-3H3. The van der Waals surface area contributed by atoms with Gasteiger partial charge in [0.1, 0.15) is 15.5 Å². The third-order valence-electron chi connectivity index (χ3n) is 6.75. The van der Waals surface area contributed by atoms with Crippen LogP contribution in [0.1, 0.15) is 22.2 Å². The summed E-state index contributed by atoms with van der Waals surface area (Å²) in [6.07, 6.45) is 0. The molecule has 6 nitrogen and oxygen atoms in total. The van der Waals surface area contributed by atoms with Crippen LogP contribution in [0.4, 0.5) is 5.69 Å². The third-order valence-corrected chi connectivity index (χ3v) is 7.84. The number of carbonyl (C=O) groups is 1. The van der Waals surface area contributed by atoms with E-state index in [0.29, 0.717) is 10.6 Å². The molecule has 2 N–H and O–H groups in total. The number of anilines is 1. The number of likely N-dealkylation sites (N-methyl/N-ethyl adjacent to an activating group) is 1. The second-order valence-electron chi connectivity index (χ2n) is 8.90. The predicted molar refractivity (Wildman–Crippen MR) is 144 cm³/mol. The molecule has 0 atom stereocenters. The highest BCUT2D eigenvalue weighted by atomic mass is 32.1. The van der Waals surface area contributed by atoms with Crippen LogP contribution in [0.5, 0.6) is 5.75 Å². The molecule has 180 valence electrons. The number of hydrogen-bond acceptors (Lipinski definition) is 6. The van der Waals surface area contributed by atoms with E-state index in [1.54, 1.807) is 7.11 Å². The number of pyridine rings is 1. The van der Waals surface area contributed by atoms with Crippen LogP contribution in [0.3, 0.4) is 0 Å². The van der Waals surface area contributed by atoms with E-state index in [1.807, 2.05) is 29.2 Å². The minimum Gasteiger partial charge on any atom is -0.497 e. The molecule has 0 saturated carbocycles. The smallest absolute Gasteiger partial charge is 0.266 e. The number of nitrogens with zero attached hydrogens (tertiary/aromatic N) is 3. The van der Waals surface area contributed by atoms with E-state index in [1.165, 1.54) is 16.9 Å². The molecule has 7 heteroatoms. The zero-order valence-corrected chi connectivity index (χ0v) is 21.2. The van der Waals surface area contributed by atoms with Gasteiger partial charge in [0.15, 0.2) is 0 Å². The number of aromatic nitrogens is 1. The van der Waals surface area contributed by atoms with E-state index in [4.69, 9.17) is 15.5 Å². The summed E-state index contributed by atoms with van der Waals surface area (Å²) >= 11 is 1.40. The normalized spacial score (nSPS) is 14.4. The first-order valence-corrected chi connectivity index (χ1v) is 12.8. The molecular weight excluding hydrogens is 456 g/mol. The SMILES string of the molecule is CCN1CCN(C(=O)c2sc3nc(-c4ccc(OC)cc4)cc(-c4ccc(C)cc4)c3c2N)CC1. The number of benzene rings is 2. The number of aryl methyl sites for hydroxylation is 1. The van der Waals surface area contributed by atoms with Crippen molar-refractivity contribution < 1.29 is 9.53 Å². The maximum Gasteiger partial charge on any atom is 0.266 e. The van der Waals surface area contributed by atoms with Gasteiger partial charge in [-0.1, -0.05) is 36.8 Å². The number of nitrogens with two attached hydrogens (primary N) is 1. The number of piperazine rings is 1. The number of thiophene rings is 1. The second-order valence-corrected chi connectivity index (χ2v) is 9.90. The van der Waals surface area contributed by atoms with Gasteiger partial charge in [-0.05, 0) is 54.9 Å². The summed E-state index contributed by atoms with van der Waals surface area (Å²) in [6, 6.07) is 18.3. The number of ether oxygens (including phenoxy) is 1. The summed E-state index contributed by atoms with van der Waals surface area (Å²) in [6.45, 7) is 8.45. The monoisotopic (exact) mass is 486 g/mol. The van der Waals surface area contributed by atoms with Crippen LogP contribution in [-0.4, -0.2) is 60.5 Å². The van der Waals surface area contributed by atoms with E-state index in [-0.39, 0.29) is 5.91 Å². The molecule has 2 aromatic carbocycles. The van der Waals surface area contributed by atoms with Gasteiger partial charge in [-0.3, -0.25) is 4.79 Å². The molecule has 3 heterocycles. The van der Waals surface area contributed by atoms with Crippen LogP contribution < -0.4 is 10.5 Å². The lowest BCUT2D eigenvalue weighted by Crippen LogP contribution is -2.48. The average Bonchev–Trinajstić information content (AvgIpc) is 3.24. The van der Waals surface area contributed by atoms with E-state index in [9.17, 15) is 4.79 Å². The molecule has 0 bridgehead atoms. The van der Waals surface area contributed by atoms with Gasteiger partial charge in [-0.15, -0.1) is 11.3 Å². The lowest BCUT2D eigenvalue weighted by Gasteiger charge is -2.33. The first-order chi connectivity index (χ1) is 17.0.